The molecular formula is C16H17NO3. The molecule has 4 heteroatoms. The summed E-state index contributed by atoms with van der Waals surface area (Å²) >= 11 is 0. The van der Waals surface area contributed by atoms with Crippen molar-refractivity contribution in [2.24, 2.45) is 0 Å². The molecule has 4 nitrogen and oxygen atoms in total. The van der Waals surface area contributed by atoms with Crippen LogP contribution >= 0.6 is 0 Å². The molecule has 2 rings (SSSR count). The highest BCUT2D eigenvalue weighted by Crippen LogP contribution is 2.12. The highest BCUT2D eigenvalue weighted by atomic mass is 16.5. The van der Waals surface area contributed by atoms with Crippen LogP contribution < -0.4 is 5.32 Å². The van der Waals surface area contributed by atoms with Crippen molar-refractivity contribution in [1.82, 2.24) is 5.32 Å². The third-order valence-electron chi connectivity index (χ3n) is 3.02. The van der Waals surface area contributed by atoms with Gasteiger partial charge in [-0.25, -0.2) is 4.79 Å². The molecular weight excluding hydrogens is 254 g/mol. The first-order chi connectivity index (χ1) is 9.70. The predicted octanol–water partition coefficient (Wildman–Crippen LogP) is 2.26. The zero-order valence-corrected chi connectivity index (χ0v) is 11.2. The molecule has 1 aliphatic carbocycles. The van der Waals surface area contributed by atoms with Gasteiger partial charge in [0.05, 0.1) is 7.11 Å². The second-order valence-electron chi connectivity index (χ2n) is 4.43. The molecule has 0 bridgehead atoms. The van der Waals surface area contributed by atoms with Crippen LogP contribution in [0.4, 0.5) is 0 Å². The maximum Gasteiger partial charge on any atom is 0.328 e. The van der Waals surface area contributed by atoms with Crippen LogP contribution in [0.15, 0.2) is 66.1 Å². The number of ether oxygens (including phenoxy) is 1. The van der Waals surface area contributed by atoms with Gasteiger partial charge in [0.25, 0.3) is 0 Å². The maximum absolute atomic E-state index is 11.8. The van der Waals surface area contributed by atoms with Gasteiger partial charge in [-0.3, -0.25) is 0 Å². The molecule has 0 unspecified atom stereocenters. The van der Waals surface area contributed by atoms with E-state index in [0.29, 0.717) is 12.0 Å². The molecule has 0 saturated carbocycles. The van der Waals surface area contributed by atoms with Gasteiger partial charge in [-0.1, -0.05) is 42.5 Å². The molecule has 20 heavy (non-hydrogen) atoms. The minimum atomic E-state index is -0.628. The number of aliphatic hydroxyl groups excluding tert-OH is 1. The summed E-state index contributed by atoms with van der Waals surface area (Å²) in [5, 5.41) is 12.8. The minimum Gasteiger partial charge on any atom is -0.494 e. The Hall–Kier alpha value is -2.49. The summed E-state index contributed by atoms with van der Waals surface area (Å²) in [4.78, 5) is 11.8. The highest BCUT2D eigenvalue weighted by molar-refractivity contribution is 5.76. The Morgan fingerprint density at radius 2 is 1.90 bits per heavy atom. The highest BCUT2D eigenvalue weighted by Gasteiger charge is 2.21. The Kier molecular flexibility index (Phi) is 4.60. The van der Waals surface area contributed by atoms with Gasteiger partial charge in [-0.05, 0) is 17.7 Å². The number of esters is 1. The van der Waals surface area contributed by atoms with Gasteiger partial charge in [-0.15, -0.1) is 0 Å². The lowest BCUT2D eigenvalue weighted by Crippen LogP contribution is -2.39. The van der Waals surface area contributed by atoms with Crippen LogP contribution in [-0.2, 0) is 16.0 Å². The molecule has 0 heterocycles. The molecule has 1 aromatic carbocycles. The normalized spacial score (nSPS) is 14.2. The largest absolute Gasteiger partial charge is 0.494 e. The summed E-state index contributed by atoms with van der Waals surface area (Å²) in [5.74, 6) is -0.437. The maximum atomic E-state index is 11.8. The minimum absolute atomic E-state index is 0.0265. The van der Waals surface area contributed by atoms with Crippen LogP contribution in [0.1, 0.15) is 5.56 Å². The van der Waals surface area contributed by atoms with E-state index in [2.05, 4.69) is 5.32 Å². The average Bonchev–Trinajstić information content (AvgIpc) is 3.01. The number of carbonyl (C=O) groups excluding carboxylic acids is 1. The van der Waals surface area contributed by atoms with E-state index in [9.17, 15) is 9.90 Å². The number of nitrogens with one attached hydrogen (secondary N) is 1. The number of carbonyl (C=O) groups is 1. The molecule has 1 aromatic rings. The summed E-state index contributed by atoms with van der Waals surface area (Å²) in [6.07, 6.45) is 7.60. The van der Waals surface area contributed by atoms with E-state index in [4.69, 9.17) is 4.74 Å². The zero-order chi connectivity index (χ0) is 14.4. The molecule has 0 aliphatic heterocycles. The van der Waals surface area contributed by atoms with E-state index in [0.717, 1.165) is 5.56 Å². The number of rotatable bonds is 5. The summed E-state index contributed by atoms with van der Waals surface area (Å²) in [6.45, 7) is 0. The molecule has 0 spiro atoms. The lowest BCUT2D eigenvalue weighted by molar-refractivity contribution is -0.143. The van der Waals surface area contributed by atoms with E-state index < -0.39 is 12.0 Å². The van der Waals surface area contributed by atoms with E-state index in [1.807, 2.05) is 42.5 Å². The summed E-state index contributed by atoms with van der Waals surface area (Å²) in [6, 6.07) is 8.96. The predicted molar refractivity (Wildman–Crippen MR) is 77.0 cm³/mol. The van der Waals surface area contributed by atoms with E-state index >= 15 is 0 Å². The summed E-state index contributed by atoms with van der Waals surface area (Å²) < 4.78 is 4.78. The number of aliphatic hydroxyl groups is 1. The number of benzene rings is 1. The Morgan fingerprint density at radius 3 is 2.50 bits per heavy atom. The van der Waals surface area contributed by atoms with Crippen LogP contribution in [0.2, 0.25) is 0 Å². The number of allylic oxidation sites excluding steroid dienone is 5. The Balaban J connectivity index is 2.12. The first-order valence-corrected chi connectivity index (χ1v) is 6.37. The quantitative estimate of drug-likeness (QED) is 0.637. The fourth-order valence-corrected chi connectivity index (χ4v) is 1.97. The van der Waals surface area contributed by atoms with Crippen LogP contribution in [0.3, 0.4) is 0 Å². The smallest absolute Gasteiger partial charge is 0.328 e. The molecule has 0 fully saturated rings. The summed E-state index contributed by atoms with van der Waals surface area (Å²) in [7, 11) is 1.33. The van der Waals surface area contributed by atoms with Crippen molar-refractivity contribution in [3.63, 3.8) is 0 Å². The van der Waals surface area contributed by atoms with E-state index in [1.165, 1.54) is 7.11 Å². The van der Waals surface area contributed by atoms with Gasteiger partial charge < -0.3 is 15.2 Å². The van der Waals surface area contributed by atoms with Crippen LogP contribution in [-0.4, -0.2) is 24.2 Å². The van der Waals surface area contributed by atoms with Crippen molar-refractivity contribution in [3.05, 3.63) is 71.7 Å². The van der Waals surface area contributed by atoms with E-state index in [-0.39, 0.29) is 5.88 Å². The standard InChI is InChI=1S/C16H17NO3/c1-20-16(19)14(11-12-7-3-2-4-8-12)17-15(18)13-9-5-6-10-13/h2-10,14,17-18H,11H2,1H3/t14-/m0/s1. The number of methoxy groups -OCH3 is 1. The average molecular weight is 271 g/mol. The van der Waals surface area contributed by atoms with Crippen molar-refractivity contribution in [2.45, 2.75) is 12.5 Å². The van der Waals surface area contributed by atoms with Crippen molar-refractivity contribution >= 4 is 5.97 Å². The van der Waals surface area contributed by atoms with Gasteiger partial charge in [0.2, 0.25) is 0 Å². The Morgan fingerprint density at radius 1 is 1.25 bits per heavy atom. The van der Waals surface area contributed by atoms with Gasteiger partial charge in [-0.2, -0.15) is 0 Å². The molecule has 0 saturated heterocycles. The van der Waals surface area contributed by atoms with Crippen molar-refractivity contribution in [1.29, 1.82) is 0 Å². The van der Waals surface area contributed by atoms with Gasteiger partial charge in [0.1, 0.15) is 6.04 Å². The van der Waals surface area contributed by atoms with Crippen molar-refractivity contribution in [3.8, 4) is 0 Å². The Labute approximate surface area is 118 Å². The monoisotopic (exact) mass is 271 g/mol. The zero-order valence-electron chi connectivity index (χ0n) is 11.2. The topological polar surface area (TPSA) is 58.6 Å². The second kappa shape index (κ2) is 6.61. The lowest BCUT2D eigenvalue weighted by Gasteiger charge is -2.17. The fraction of sp³-hybridized carbons (Fsp3) is 0.188. The third kappa shape index (κ3) is 3.51. The summed E-state index contributed by atoms with van der Waals surface area (Å²) in [5.41, 5.74) is 1.64. The fourth-order valence-electron chi connectivity index (χ4n) is 1.97. The van der Waals surface area contributed by atoms with Crippen molar-refractivity contribution < 1.29 is 14.6 Å². The third-order valence-corrected chi connectivity index (χ3v) is 3.02. The van der Waals surface area contributed by atoms with Gasteiger partial charge in [0.15, 0.2) is 5.88 Å². The molecule has 2 N–H and O–H groups in total. The first-order valence-electron chi connectivity index (χ1n) is 6.37. The Bertz CT molecular complexity index is 544. The van der Waals surface area contributed by atoms with Crippen LogP contribution in [0.25, 0.3) is 0 Å². The second-order valence-corrected chi connectivity index (χ2v) is 4.43. The number of hydrogen-bond acceptors (Lipinski definition) is 4. The molecule has 0 amide bonds. The molecule has 0 aromatic heterocycles. The first kappa shape index (κ1) is 13.9. The number of hydrogen-bond donors (Lipinski definition) is 2. The molecule has 1 aliphatic rings. The molecule has 104 valence electrons. The molecule has 1 atom stereocenters. The van der Waals surface area contributed by atoms with Crippen LogP contribution in [0.5, 0.6) is 0 Å². The van der Waals surface area contributed by atoms with E-state index in [1.54, 1.807) is 12.2 Å². The van der Waals surface area contributed by atoms with Gasteiger partial charge >= 0.3 is 5.97 Å². The molecule has 0 radical (unpaired) electrons. The van der Waals surface area contributed by atoms with Gasteiger partial charge in [0, 0.05) is 12.0 Å². The van der Waals surface area contributed by atoms with Crippen LogP contribution in [0, 0.1) is 0 Å². The lowest BCUT2D eigenvalue weighted by atomic mass is 10.1. The van der Waals surface area contributed by atoms with Crippen molar-refractivity contribution in [2.75, 3.05) is 7.11 Å². The SMILES string of the molecule is COC(=O)[C@H](Cc1ccccc1)NC(O)=C1C=CC=C1.